The second kappa shape index (κ2) is 5.46. The fraction of sp³-hybridized carbons (Fsp3) is 0.286. The van der Waals surface area contributed by atoms with Gasteiger partial charge in [-0.2, -0.15) is 10.4 Å². The highest BCUT2D eigenvalue weighted by Crippen LogP contribution is 2.35. The molecular weight excluding hydrogens is 286 g/mol. The van der Waals surface area contributed by atoms with E-state index >= 15 is 0 Å². The van der Waals surface area contributed by atoms with Crippen molar-refractivity contribution in [2.24, 2.45) is 0 Å². The molecule has 2 aromatic rings. The first-order valence-corrected chi connectivity index (χ1v) is 6.58. The molecule has 0 bridgehead atoms. The number of methoxy groups -OCH3 is 1. The summed E-state index contributed by atoms with van der Waals surface area (Å²) in [6.07, 6.45) is 2.07. The largest absolute Gasteiger partial charge is 0.464 e. The van der Waals surface area contributed by atoms with Gasteiger partial charge in [0.05, 0.1) is 32.2 Å². The quantitative estimate of drug-likeness (QED) is 0.784. The lowest BCUT2D eigenvalue weighted by atomic mass is 9.93. The van der Waals surface area contributed by atoms with E-state index in [0.717, 1.165) is 11.3 Å². The van der Waals surface area contributed by atoms with Crippen molar-refractivity contribution in [3.8, 4) is 17.2 Å². The van der Waals surface area contributed by atoms with Crippen LogP contribution in [-0.4, -0.2) is 34.9 Å². The highest BCUT2D eigenvalue weighted by Gasteiger charge is 2.26. The van der Waals surface area contributed by atoms with Crippen LogP contribution in [0.4, 0.5) is 5.82 Å². The number of fused-ring (bicyclic) bond motifs is 1. The Morgan fingerprint density at radius 2 is 2.41 bits per heavy atom. The van der Waals surface area contributed by atoms with Crippen molar-refractivity contribution < 1.29 is 14.3 Å². The average Bonchev–Trinajstić information content (AvgIpc) is 3.01. The number of aromatic amines is 1. The first-order valence-electron chi connectivity index (χ1n) is 6.58. The van der Waals surface area contributed by atoms with E-state index in [4.69, 9.17) is 15.2 Å². The number of nitrogen functional groups attached to an aromatic ring is 1. The van der Waals surface area contributed by atoms with E-state index in [1.54, 1.807) is 0 Å². The number of anilines is 1. The van der Waals surface area contributed by atoms with Crippen LogP contribution in [0.5, 0.6) is 0 Å². The van der Waals surface area contributed by atoms with Crippen LogP contribution in [0.3, 0.4) is 0 Å². The Balaban J connectivity index is 2.31. The molecule has 0 spiro atoms. The van der Waals surface area contributed by atoms with Crippen LogP contribution in [-0.2, 0) is 22.5 Å². The van der Waals surface area contributed by atoms with Crippen molar-refractivity contribution in [1.29, 1.82) is 5.26 Å². The van der Waals surface area contributed by atoms with Gasteiger partial charge in [-0.1, -0.05) is 0 Å². The topological polar surface area (TPSA) is 127 Å². The fourth-order valence-electron chi connectivity index (χ4n) is 2.54. The number of ether oxygens (including phenoxy) is 2. The van der Waals surface area contributed by atoms with Gasteiger partial charge in [0.25, 0.3) is 0 Å². The summed E-state index contributed by atoms with van der Waals surface area (Å²) in [5.41, 5.74) is 8.78. The van der Waals surface area contributed by atoms with Crippen molar-refractivity contribution in [2.75, 3.05) is 19.5 Å². The number of carbonyl (C=O) groups is 1. The number of rotatable bonds is 2. The van der Waals surface area contributed by atoms with Gasteiger partial charge in [-0.3, -0.25) is 5.10 Å². The van der Waals surface area contributed by atoms with Crippen molar-refractivity contribution in [3.05, 3.63) is 28.7 Å². The van der Waals surface area contributed by atoms with Crippen molar-refractivity contribution >= 4 is 11.8 Å². The van der Waals surface area contributed by atoms with E-state index in [1.807, 2.05) is 6.07 Å². The number of nitrogens with two attached hydrogens (primary N) is 1. The molecule has 0 aromatic carbocycles. The van der Waals surface area contributed by atoms with Crippen LogP contribution >= 0.6 is 0 Å². The molecule has 0 saturated heterocycles. The number of carbonyl (C=O) groups excluding carboxylic acids is 1. The molecule has 0 unspecified atom stereocenters. The lowest BCUT2D eigenvalue weighted by Gasteiger charge is -2.21. The van der Waals surface area contributed by atoms with Crippen LogP contribution in [0.15, 0.2) is 6.20 Å². The van der Waals surface area contributed by atoms with Gasteiger partial charge in [0.2, 0.25) is 0 Å². The zero-order valence-corrected chi connectivity index (χ0v) is 11.8. The van der Waals surface area contributed by atoms with Gasteiger partial charge in [-0.25, -0.2) is 9.78 Å². The molecule has 0 saturated carbocycles. The van der Waals surface area contributed by atoms with Crippen molar-refractivity contribution in [2.45, 2.75) is 13.0 Å². The zero-order chi connectivity index (χ0) is 15.7. The molecule has 3 rings (SSSR count). The van der Waals surface area contributed by atoms with E-state index in [9.17, 15) is 10.1 Å². The average molecular weight is 299 g/mol. The minimum atomic E-state index is -0.572. The molecule has 0 fully saturated rings. The molecule has 1 aliphatic rings. The smallest absolute Gasteiger partial charge is 0.356 e. The van der Waals surface area contributed by atoms with Crippen LogP contribution in [0.25, 0.3) is 11.1 Å². The van der Waals surface area contributed by atoms with E-state index in [0.29, 0.717) is 30.8 Å². The number of nitriles is 1. The summed E-state index contributed by atoms with van der Waals surface area (Å²) in [5, 5.41) is 15.9. The minimum Gasteiger partial charge on any atom is -0.464 e. The number of esters is 1. The maximum absolute atomic E-state index is 11.9. The van der Waals surface area contributed by atoms with E-state index in [2.05, 4.69) is 15.2 Å². The zero-order valence-electron chi connectivity index (χ0n) is 11.8. The molecular formula is C14H13N5O3. The van der Waals surface area contributed by atoms with E-state index < -0.39 is 5.97 Å². The van der Waals surface area contributed by atoms with Gasteiger partial charge in [0.1, 0.15) is 17.5 Å². The summed E-state index contributed by atoms with van der Waals surface area (Å²) in [4.78, 5) is 16.1. The molecule has 0 atom stereocenters. The Kier molecular flexibility index (Phi) is 3.48. The van der Waals surface area contributed by atoms with Crippen molar-refractivity contribution in [1.82, 2.24) is 15.2 Å². The molecule has 3 heterocycles. The SMILES string of the molecule is COC(=O)c1[nH]ncc1-c1c(C#N)c(N)nc2c1COCC2. The second-order valence-electron chi connectivity index (χ2n) is 4.74. The standard InChI is InChI=1S/C14H13N5O3/c1-21-14(20)12-8(5-17-19-12)11-7(4-15)13(16)18-10-2-3-22-6-9(10)11/h5H,2-3,6H2,1H3,(H2,16,18)(H,17,19). The molecule has 1 aliphatic heterocycles. The minimum absolute atomic E-state index is 0.134. The summed E-state index contributed by atoms with van der Waals surface area (Å²) in [7, 11) is 1.28. The first kappa shape index (κ1) is 14.0. The van der Waals surface area contributed by atoms with Crippen molar-refractivity contribution in [3.63, 3.8) is 0 Å². The monoisotopic (exact) mass is 299 g/mol. The Labute approximate surface area is 125 Å². The Morgan fingerprint density at radius 1 is 1.59 bits per heavy atom. The van der Waals surface area contributed by atoms with E-state index in [1.165, 1.54) is 13.3 Å². The molecule has 3 N–H and O–H groups in total. The Hall–Kier alpha value is -2.92. The van der Waals surface area contributed by atoms with Gasteiger partial charge in [0, 0.05) is 23.1 Å². The number of nitrogens with zero attached hydrogens (tertiary/aromatic N) is 3. The van der Waals surface area contributed by atoms with Gasteiger partial charge >= 0.3 is 5.97 Å². The summed E-state index contributed by atoms with van der Waals surface area (Å²) >= 11 is 0. The van der Waals surface area contributed by atoms with Crippen LogP contribution in [0.1, 0.15) is 27.3 Å². The molecule has 2 aromatic heterocycles. The normalized spacial score (nSPS) is 13.3. The van der Waals surface area contributed by atoms with Gasteiger partial charge in [-0.05, 0) is 0 Å². The molecule has 112 valence electrons. The van der Waals surface area contributed by atoms with Gasteiger partial charge in [0.15, 0.2) is 5.69 Å². The number of aromatic nitrogens is 3. The lowest BCUT2D eigenvalue weighted by Crippen LogP contribution is -2.16. The third-order valence-electron chi connectivity index (χ3n) is 3.55. The van der Waals surface area contributed by atoms with Crippen LogP contribution in [0, 0.1) is 11.3 Å². The highest BCUT2D eigenvalue weighted by atomic mass is 16.5. The van der Waals surface area contributed by atoms with Crippen LogP contribution in [0.2, 0.25) is 0 Å². The summed E-state index contributed by atoms with van der Waals surface area (Å²) in [6, 6.07) is 2.05. The fourth-order valence-corrected chi connectivity index (χ4v) is 2.54. The molecule has 0 aliphatic carbocycles. The predicted molar refractivity (Wildman–Crippen MR) is 75.6 cm³/mol. The van der Waals surface area contributed by atoms with Gasteiger partial charge in [-0.15, -0.1) is 0 Å². The van der Waals surface area contributed by atoms with Crippen LogP contribution < -0.4 is 5.73 Å². The third kappa shape index (κ3) is 2.08. The molecule has 8 heteroatoms. The Bertz CT molecular complexity index is 791. The number of H-pyrrole nitrogens is 1. The molecule has 22 heavy (non-hydrogen) atoms. The molecule has 0 amide bonds. The predicted octanol–water partition coefficient (Wildman–Crippen LogP) is 0.785. The number of nitrogens with one attached hydrogen (secondary N) is 1. The summed E-state index contributed by atoms with van der Waals surface area (Å²) in [5.74, 6) is -0.438. The third-order valence-corrected chi connectivity index (χ3v) is 3.55. The second-order valence-corrected chi connectivity index (χ2v) is 4.74. The molecule has 8 nitrogen and oxygen atoms in total. The number of hydrogen-bond acceptors (Lipinski definition) is 7. The first-order chi connectivity index (χ1) is 10.7. The summed E-state index contributed by atoms with van der Waals surface area (Å²) < 4.78 is 10.2. The molecule has 0 radical (unpaired) electrons. The Morgan fingerprint density at radius 3 is 3.14 bits per heavy atom. The number of hydrogen-bond donors (Lipinski definition) is 2. The summed E-state index contributed by atoms with van der Waals surface area (Å²) in [6.45, 7) is 0.846. The maximum Gasteiger partial charge on any atom is 0.356 e. The van der Waals surface area contributed by atoms with E-state index in [-0.39, 0.29) is 17.1 Å². The lowest BCUT2D eigenvalue weighted by molar-refractivity contribution is 0.0594. The number of pyridine rings is 1. The highest BCUT2D eigenvalue weighted by molar-refractivity contribution is 5.97. The van der Waals surface area contributed by atoms with Gasteiger partial charge < -0.3 is 15.2 Å². The maximum atomic E-state index is 11.9.